The molecule has 0 aromatic heterocycles. The molecule has 10 heavy (non-hydrogen) atoms. The summed E-state index contributed by atoms with van der Waals surface area (Å²) in [6.07, 6.45) is 0. The van der Waals surface area contributed by atoms with E-state index in [4.69, 9.17) is 0 Å². The van der Waals surface area contributed by atoms with Crippen LogP contribution in [0.3, 0.4) is 0 Å². The molecule has 0 amide bonds. The fourth-order valence-corrected chi connectivity index (χ4v) is 0. The van der Waals surface area contributed by atoms with E-state index >= 15 is 0 Å². The molecule has 0 spiro atoms. The van der Waals surface area contributed by atoms with E-state index < -0.39 is 0 Å². The number of hydrogen-bond acceptors (Lipinski definition) is 0. The van der Waals surface area contributed by atoms with Crippen molar-refractivity contribution >= 4 is 0 Å². The Morgan fingerprint density at radius 3 is 0.300 bits per heavy atom. The standard InChI is InChI=1S/4N.3Nb.3Ti/q4*-3;;;;3*+4. The van der Waals surface area contributed by atoms with Gasteiger partial charge >= 0.3 is 65.2 Å². The van der Waals surface area contributed by atoms with E-state index in [-0.39, 0.29) is 157 Å². The molecule has 0 aromatic carbocycles. The normalized spacial score (nSPS) is 0. The van der Waals surface area contributed by atoms with Crippen molar-refractivity contribution in [3.8, 4) is 0 Å². The predicted molar refractivity (Wildman–Crippen MR) is 13.4 cm³/mol. The van der Waals surface area contributed by atoms with Gasteiger partial charge in [0.15, 0.2) is 0 Å². The van der Waals surface area contributed by atoms with Crippen LogP contribution >= 0.6 is 0 Å². The Balaban J connectivity index is 0. The van der Waals surface area contributed by atoms with E-state index in [1.165, 1.54) is 0 Å². The van der Waals surface area contributed by atoms with Crippen molar-refractivity contribution in [2.45, 2.75) is 0 Å². The molecule has 0 rings (SSSR count). The van der Waals surface area contributed by atoms with Crippen LogP contribution in [0.5, 0.6) is 0 Å². The first kappa shape index (κ1) is 140. The molecule has 0 aliphatic heterocycles. The van der Waals surface area contributed by atoms with Gasteiger partial charge in [0, 0.05) is 67.1 Å². The molecule has 0 saturated heterocycles. The summed E-state index contributed by atoms with van der Waals surface area (Å²) in [6, 6.07) is 0. The SMILES string of the molecule is [N-3].[N-3].[N-3].[N-3].[Nb].[Nb].[Nb].[Ti+4].[Ti+4].[Ti+4]. The van der Waals surface area contributed by atoms with Crippen LogP contribution in [0.25, 0.3) is 24.6 Å². The molecule has 0 aliphatic carbocycles. The first-order valence-electron chi connectivity index (χ1n) is 0. The van der Waals surface area contributed by atoms with E-state index in [0.29, 0.717) is 0 Å². The third-order valence-electron chi connectivity index (χ3n) is 0. The summed E-state index contributed by atoms with van der Waals surface area (Å²) < 4.78 is 0. The summed E-state index contributed by atoms with van der Waals surface area (Å²) in [7, 11) is 0. The Hall–Kier alpha value is 4.20. The Morgan fingerprint density at radius 1 is 0.300 bits per heavy atom. The summed E-state index contributed by atoms with van der Waals surface area (Å²) in [4.78, 5) is 0. The van der Waals surface area contributed by atoms with Crippen molar-refractivity contribution in [3.05, 3.63) is 24.6 Å². The second-order valence-electron chi connectivity index (χ2n) is 0. The molecule has 3 radical (unpaired) electrons. The maximum absolute atomic E-state index is 0. The molecule has 47 valence electrons. The Labute approximate surface area is 154 Å². The minimum absolute atomic E-state index is 0. The fraction of sp³-hybridized carbons (Fsp3) is 0. The molecular formula is N4Nb3Ti3. The van der Waals surface area contributed by atoms with Crippen LogP contribution in [0.15, 0.2) is 0 Å². The van der Waals surface area contributed by atoms with Crippen molar-refractivity contribution < 1.29 is 132 Å². The van der Waals surface area contributed by atoms with Crippen LogP contribution in [0.1, 0.15) is 0 Å². The van der Waals surface area contributed by atoms with Gasteiger partial charge in [0.05, 0.1) is 0 Å². The summed E-state index contributed by atoms with van der Waals surface area (Å²) in [6.45, 7) is 0. The number of hydrogen-bond donors (Lipinski definition) is 0. The molecule has 0 bridgehead atoms. The van der Waals surface area contributed by atoms with Crippen molar-refractivity contribution in [2.24, 2.45) is 0 Å². The summed E-state index contributed by atoms with van der Waals surface area (Å²) in [5, 5.41) is 0. The van der Waals surface area contributed by atoms with Crippen LogP contribution < -0.4 is 0 Å². The maximum Gasteiger partial charge on any atom is 4.00 e. The van der Waals surface area contributed by atoms with Crippen molar-refractivity contribution in [3.63, 3.8) is 0 Å². The zero-order valence-electron chi connectivity index (χ0n) is 4.63. The van der Waals surface area contributed by atoms with Gasteiger partial charge in [0.25, 0.3) is 0 Å². The molecular weight excluding hydrogens is 478 g/mol. The first-order valence-corrected chi connectivity index (χ1v) is 0. The van der Waals surface area contributed by atoms with Crippen LogP contribution in [-0.2, 0) is 132 Å². The van der Waals surface area contributed by atoms with Gasteiger partial charge in [-0.15, -0.1) is 0 Å². The van der Waals surface area contributed by atoms with Gasteiger partial charge in [-0.3, -0.25) is 0 Å². The average Bonchev–Trinajstić information content (AvgIpc) is 0. The van der Waals surface area contributed by atoms with Gasteiger partial charge in [0.2, 0.25) is 0 Å². The van der Waals surface area contributed by atoms with E-state index in [1.54, 1.807) is 0 Å². The van der Waals surface area contributed by atoms with E-state index in [1.807, 2.05) is 0 Å². The number of rotatable bonds is 0. The fourth-order valence-electron chi connectivity index (χ4n) is 0. The smallest absolute Gasteiger partial charge is 3.00 e. The Morgan fingerprint density at radius 2 is 0.300 bits per heavy atom. The van der Waals surface area contributed by atoms with Gasteiger partial charge in [-0.05, 0) is 0 Å². The van der Waals surface area contributed by atoms with Gasteiger partial charge in [-0.1, -0.05) is 0 Å². The summed E-state index contributed by atoms with van der Waals surface area (Å²) >= 11 is 0. The summed E-state index contributed by atoms with van der Waals surface area (Å²) in [5.74, 6) is 0. The minimum atomic E-state index is 0. The monoisotopic (exact) mass is 479 g/mol. The van der Waals surface area contributed by atoms with E-state index in [0.717, 1.165) is 0 Å². The Kier molecular flexibility index (Phi) is 1560. The largest absolute Gasteiger partial charge is 4.00 e. The summed E-state index contributed by atoms with van der Waals surface area (Å²) in [5.41, 5.74) is 0. The van der Waals surface area contributed by atoms with Crippen LogP contribution in [0.2, 0.25) is 0 Å². The molecule has 4 nitrogen and oxygen atoms in total. The van der Waals surface area contributed by atoms with Crippen molar-refractivity contribution in [1.29, 1.82) is 0 Å². The molecule has 0 heterocycles. The minimum Gasteiger partial charge on any atom is -3.00 e. The second-order valence-corrected chi connectivity index (χ2v) is 0. The molecule has 0 N–H and O–H groups in total. The Bertz CT molecular complexity index is 15.7. The van der Waals surface area contributed by atoms with E-state index in [9.17, 15) is 0 Å². The van der Waals surface area contributed by atoms with Gasteiger partial charge in [-0.25, -0.2) is 0 Å². The quantitative estimate of drug-likeness (QED) is 0.464. The average molecular weight is 478 g/mol. The zero-order valence-corrected chi connectivity index (χ0v) is 15.9. The van der Waals surface area contributed by atoms with Crippen molar-refractivity contribution in [2.75, 3.05) is 0 Å². The number of nitrogens with zero attached hydrogens (tertiary/aromatic N) is 4. The second kappa shape index (κ2) is 111. The molecule has 0 saturated carbocycles. The molecule has 10 heteroatoms. The first-order chi connectivity index (χ1) is 0. The third-order valence-corrected chi connectivity index (χ3v) is 0. The maximum atomic E-state index is 0. The van der Waals surface area contributed by atoms with Gasteiger partial charge < -0.3 is 24.6 Å². The molecule has 0 unspecified atom stereocenters. The topological polar surface area (TPSA) is 122 Å². The van der Waals surface area contributed by atoms with E-state index in [2.05, 4.69) is 0 Å². The molecule has 0 atom stereocenters. The molecule has 0 fully saturated rings. The van der Waals surface area contributed by atoms with Gasteiger partial charge in [-0.2, -0.15) is 0 Å². The molecule has 0 aromatic rings. The zero-order chi connectivity index (χ0) is 0. The predicted octanol–water partition coefficient (Wildman–Crippen LogP) is 1.14. The van der Waals surface area contributed by atoms with Crippen molar-refractivity contribution in [1.82, 2.24) is 0 Å². The van der Waals surface area contributed by atoms with Crippen LogP contribution in [0.4, 0.5) is 0 Å². The van der Waals surface area contributed by atoms with Crippen LogP contribution in [0, 0.1) is 0 Å². The van der Waals surface area contributed by atoms with Crippen LogP contribution in [-0.4, -0.2) is 0 Å². The third kappa shape index (κ3) is 86.7. The van der Waals surface area contributed by atoms with Gasteiger partial charge in [0.1, 0.15) is 0 Å². The molecule has 0 aliphatic rings.